The van der Waals surface area contributed by atoms with Crippen LogP contribution < -0.4 is 4.90 Å². The van der Waals surface area contributed by atoms with E-state index < -0.39 is 0 Å². The average molecular weight is 516 g/mol. The molecule has 0 amide bonds. The zero-order valence-electron chi connectivity index (χ0n) is 21.7. The van der Waals surface area contributed by atoms with Crippen molar-refractivity contribution in [2.24, 2.45) is 0 Å². The van der Waals surface area contributed by atoms with Gasteiger partial charge in [0.05, 0.1) is 0 Å². The van der Waals surface area contributed by atoms with Crippen LogP contribution in [0.2, 0.25) is 0 Å². The van der Waals surface area contributed by atoms with Crippen LogP contribution in [0.5, 0.6) is 0 Å². The summed E-state index contributed by atoms with van der Waals surface area (Å²) >= 11 is 0. The van der Waals surface area contributed by atoms with Gasteiger partial charge in [-0.3, -0.25) is 0 Å². The summed E-state index contributed by atoms with van der Waals surface area (Å²) in [4.78, 5) is 6.85. The van der Waals surface area contributed by atoms with Crippen LogP contribution in [0, 0.1) is 0 Å². The van der Waals surface area contributed by atoms with Gasteiger partial charge in [-0.1, -0.05) is 102 Å². The molecule has 7 rings (SSSR count). The zero-order valence-corrected chi connectivity index (χ0v) is 21.7. The van der Waals surface area contributed by atoms with E-state index in [1.807, 2.05) is 48.5 Å². The zero-order chi connectivity index (χ0) is 26.7. The summed E-state index contributed by atoms with van der Waals surface area (Å²) in [6.45, 7) is 0. The Morgan fingerprint density at radius 2 is 0.975 bits per heavy atom. The van der Waals surface area contributed by atoms with Crippen LogP contribution in [0.25, 0.3) is 44.7 Å². The van der Waals surface area contributed by atoms with Gasteiger partial charge in [0.15, 0.2) is 0 Å². The molecular formula is C36H25N3O. The summed E-state index contributed by atoms with van der Waals surface area (Å²) in [5.41, 5.74) is 7.38. The van der Waals surface area contributed by atoms with Gasteiger partial charge in [0.2, 0.25) is 5.82 Å². The average Bonchev–Trinajstić information content (AvgIpc) is 3.53. The van der Waals surface area contributed by atoms with Crippen molar-refractivity contribution in [3.05, 3.63) is 152 Å². The van der Waals surface area contributed by atoms with Crippen LogP contribution in [0.3, 0.4) is 0 Å². The fourth-order valence-corrected chi connectivity index (χ4v) is 4.99. The topological polar surface area (TPSA) is 42.2 Å². The summed E-state index contributed by atoms with van der Waals surface area (Å²) in [5, 5.41) is 6.66. The Bertz CT molecular complexity index is 1880. The SMILES string of the molecule is c1ccc(-c2noc(-c3ccc(N(c4ccccc4)c4ccc(-c5ccc6ccccc6c5)cc4)cc3)n2)cc1. The van der Waals surface area contributed by atoms with Crippen molar-refractivity contribution >= 4 is 27.8 Å². The highest BCUT2D eigenvalue weighted by Gasteiger charge is 2.15. The highest BCUT2D eigenvalue weighted by atomic mass is 16.5. The summed E-state index contributed by atoms with van der Waals surface area (Å²) in [7, 11) is 0. The largest absolute Gasteiger partial charge is 0.334 e. The van der Waals surface area contributed by atoms with E-state index in [4.69, 9.17) is 4.52 Å². The molecule has 4 heteroatoms. The van der Waals surface area contributed by atoms with Crippen molar-refractivity contribution in [2.45, 2.75) is 0 Å². The van der Waals surface area contributed by atoms with E-state index >= 15 is 0 Å². The van der Waals surface area contributed by atoms with Gasteiger partial charge in [-0.2, -0.15) is 4.98 Å². The minimum atomic E-state index is 0.497. The van der Waals surface area contributed by atoms with E-state index in [-0.39, 0.29) is 0 Å². The van der Waals surface area contributed by atoms with Crippen molar-refractivity contribution in [3.63, 3.8) is 0 Å². The van der Waals surface area contributed by atoms with Crippen LogP contribution in [0.4, 0.5) is 17.1 Å². The molecule has 1 heterocycles. The summed E-state index contributed by atoms with van der Waals surface area (Å²) < 4.78 is 5.58. The van der Waals surface area contributed by atoms with Crippen LogP contribution in [0.15, 0.2) is 156 Å². The van der Waals surface area contributed by atoms with E-state index in [0.717, 1.165) is 28.2 Å². The molecule has 0 atom stereocenters. The van der Waals surface area contributed by atoms with E-state index in [1.54, 1.807) is 0 Å². The number of para-hydroxylation sites is 1. The lowest BCUT2D eigenvalue weighted by Crippen LogP contribution is -2.09. The molecule has 0 aliphatic rings. The van der Waals surface area contributed by atoms with Gasteiger partial charge in [0, 0.05) is 28.2 Å². The first kappa shape index (κ1) is 23.6. The van der Waals surface area contributed by atoms with Gasteiger partial charge in [-0.15, -0.1) is 0 Å². The number of rotatable bonds is 6. The molecule has 40 heavy (non-hydrogen) atoms. The lowest BCUT2D eigenvalue weighted by atomic mass is 10.0. The number of aromatic nitrogens is 2. The second-order valence-corrected chi connectivity index (χ2v) is 9.62. The summed E-state index contributed by atoms with van der Waals surface area (Å²) in [6.07, 6.45) is 0. The number of nitrogens with zero attached hydrogens (tertiary/aromatic N) is 3. The lowest BCUT2D eigenvalue weighted by molar-refractivity contribution is 0.432. The molecule has 0 fully saturated rings. The molecule has 190 valence electrons. The molecule has 1 aromatic heterocycles. The fourth-order valence-electron chi connectivity index (χ4n) is 4.99. The van der Waals surface area contributed by atoms with Crippen LogP contribution in [-0.4, -0.2) is 10.1 Å². The van der Waals surface area contributed by atoms with Crippen LogP contribution in [-0.2, 0) is 0 Å². The maximum Gasteiger partial charge on any atom is 0.258 e. The minimum Gasteiger partial charge on any atom is -0.334 e. The molecule has 0 aliphatic heterocycles. The first-order chi connectivity index (χ1) is 19.8. The predicted molar refractivity (Wildman–Crippen MR) is 163 cm³/mol. The Morgan fingerprint density at radius 1 is 0.425 bits per heavy atom. The first-order valence-corrected chi connectivity index (χ1v) is 13.3. The van der Waals surface area contributed by atoms with Crippen LogP contribution in [0.1, 0.15) is 0 Å². The number of anilines is 3. The third-order valence-electron chi connectivity index (χ3n) is 7.05. The highest BCUT2D eigenvalue weighted by Crippen LogP contribution is 2.36. The molecule has 0 radical (unpaired) electrons. The van der Waals surface area contributed by atoms with E-state index in [9.17, 15) is 0 Å². The second-order valence-electron chi connectivity index (χ2n) is 9.62. The monoisotopic (exact) mass is 515 g/mol. The Labute approximate surface area is 232 Å². The third kappa shape index (κ3) is 4.63. The molecule has 4 nitrogen and oxygen atoms in total. The molecule has 0 spiro atoms. The molecule has 0 saturated heterocycles. The lowest BCUT2D eigenvalue weighted by Gasteiger charge is -2.25. The van der Waals surface area contributed by atoms with Crippen LogP contribution >= 0.6 is 0 Å². The molecular weight excluding hydrogens is 490 g/mol. The summed E-state index contributed by atoms with van der Waals surface area (Å²) in [6, 6.07) is 52.3. The molecule has 6 aromatic carbocycles. The smallest absolute Gasteiger partial charge is 0.258 e. The quantitative estimate of drug-likeness (QED) is 0.221. The Morgan fingerprint density at radius 3 is 1.68 bits per heavy atom. The Hall–Kier alpha value is -5.48. The number of hydrogen-bond donors (Lipinski definition) is 0. The van der Waals surface area contributed by atoms with Gasteiger partial charge in [-0.25, -0.2) is 0 Å². The first-order valence-electron chi connectivity index (χ1n) is 13.3. The summed E-state index contributed by atoms with van der Waals surface area (Å²) in [5.74, 6) is 1.08. The minimum absolute atomic E-state index is 0.497. The maximum absolute atomic E-state index is 5.58. The van der Waals surface area contributed by atoms with Crippen molar-refractivity contribution in [1.82, 2.24) is 10.1 Å². The highest BCUT2D eigenvalue weighted by molar-refractivity contribution is 5.88. The van der Waals surface area contributed by atoms with Crippen molar-refractivity contribution in [1.29, 1.82) is 0 Å². The molecule has 0 N–H and O–H groups in total. The fraction of sp³-hybridized carbons (Fsp3) is 0. The maximum atomic E-state index is 5.58. The molecule has 0 bridgehead atoms. The van der Waals surface area contributed by atoms with Gasteiger partial charge in [-0.05, 0) is 76.5 Å². The van der Waals surface area contributed by atoms with Gasteiger partial charge in [0.25, 0.3) is 5.89 Å². The number of hydrogen-bond acceptors (Lipinski definition) is 4. The Kier molecular flexibility index (Phi) is 6.11. The Balaban J connectivity index is 1.20. The molecule has 7 aromatic rings. The predicted octanol–water partition coefficient (Wildman–Crippen LogP) is 9.69. The second kappa shape index (κ2) is 10.4. The molecule has 0 unspecified atom stereocenters. The van der Waals surface area contributed by atoms with E-state index in [2.05, 4.69) is 118 Å². The van der Waals surface area contributed by atoms with Crippen molar-refractivity contribution < 1.29 is 4.52 Å². The van der Waals surface area contributed by atoms with Crippen molar-refractivity contribution in [2.75, 3.05) is 4.90 Å². The third-order valence-corrected chi connectivity index (χ3v) is 7.05. The standard InChI is InChI=1S/C36H25N3O/c1-3-10-28(11-4-1)35-37-36(40-38-35)29-19-23-34(24-20-29)39(32-13-5-2-6-14-32)33-21-17-27(18-22-33)31-16-15-26-9-7-8-12-30(26)25-31/h1-25H. The van der Waals surface area contributed by atoms with Gasteiger partial charge >= 0.3 is 0 Å². The van der Waals surface area contributed by atoms with E-state index in [1.165, 1.54) is 21.9 Å². The number of benzene rings is 6. The van der Waals surface area contributed by atoms with Gasteiger partial charge in [0.1, 0.15) is 0 Å². The normalized spacial score (nSPS) is 11.0. The molecule has 0 aliphatic carbocycles. The van der Waals surface area contributed by atoms with Crippen molar-refractivity contribution in [3.8, 4) is 34.0 Å². The van der Waals surface area contributed by atoms with Gasteiger partial charge < -0.3 is 9.42 Å². The molecule has 0 saturated carbocycles. The van der Waals surface area contributed by atoms with E-state index in [0.29, 0.717) is 11.7 Å². The number of fused-ring (bicyclic) bond motifs is 1.